The van der Waals surface area contributed by atoms with Crippen LogP contribution in [0.4, 0.5) is 4.39 Å². The summed E-state index contributed by atoms with van der Waals surface area (Å²) in [5, 5.41) is 0. The van der Waals surface area contributed by atoms with Crippen molar-refractivity contribution in [1.82, 2.24) is 0 Å². The molecule has 1 nitrogen and oxygen atoms in total. The van der Waals surface area contributed by atoms with Gasteiger partial charge in [0.25, 0.3) is 0 Å². The van der Waals surface area contributed by atoms with E-state index in [0.717, 1.165) is 23.1 Å². The molecule has 0 amide bonds. The molecule has 1 heterocycles. The molecule has 0 aromatic heterocycles. The third-order valence-corrected chi connectivity index (χ3v) is 2.73. The Balaban J connectivity index is 3.09. The van der Waals surface area contributed by atoms with Crippen LogP contribution >= 0.6 is 0 Å². The molecular weight excluding hydrogens is 213 g/mol. The predicted molar refractivity (Wildman–Crippen MR) is 73.0 cm³/mol. The molecule has 2 heteroatoms. The lowest BCUT2D eigenvalue weighted by Crippen LogP contribution is -2.16. The van der Waals surface area contributed by atoms with Crippen molar-refractivity contribution in [2.24, 2.45) is 4.99 Å². The van der Waals surface area contributed by atoms with Crippen molar-refractivity contribution in [2.75, 3.05) is 0 Å². The Morgan fingerprint density at radius 2 is 2.18 bits per heavy atom. The van der Waals surface area contributed by atoms with Crippen molar-refractivity contribution in [1.29, 1.82) is 0 Å². The van der Waals surface area contributed by atoms with Crippen molar-refractivity contribution in [3.63, 3.8) is 0 Å². The van der Waals surface area contributed by atoms with Gasteiger partial charge in [0, 0.05) is 18.8 Å². The van der Waals surface area contributed by atoms with Gasteiger partial charge in [-0.3, -0.25) is 4.99 Å². The zero-order chi connectivity index (χ0) is 13.1. The smallest absolute Gasteiger partial charge is 0.130 e. The zero-order valence-electron chi connectivity index (χ0n) is 11.0. The summed E-state index contributed by atoms with van der Waals surface area (Å²) in [5.74, 6) is 0. The van der Waals surface area contributed by atoms with Crippen LogP contribution in [0.2, 0.25) is 0 Å². The predicted octanol–water partition coefficient (Wildman–Crippen LogP) is 4.54. The number of aliphatic imine (C=N–C) groups is 1. The number of alkyl halides is 1. The molecule has 0 aromatic carbocycles. The van der Waals surface area contributed by atoms with Crippen molar-refractivity contribution < 1.29 is 4.39 Å². The quantitative estimate of drug-likeness (QED) is 0.632. The maximum Gasteiger partial charge on any atom is 0.130 e. The second kappa shape index (κ2) is 5.26. The van der Waals surface area contributed by atoms with Crippen molar-refractivity contribution in [3.8, 4) is 0 Å². The molecule has 0 aromatic rings. The first-order valence-electron chi connectivity index (χ1n) is 5.80. The molecule has 0 unspecified atom stereocenters. The topological polar surface area (TPSA) is 12.4 Å². The SMILES string of the molecule is C=C(C)/C(=C\C(=CC)C1=CN=CC1)C(C)(C)F. The molecule has 0 atom stereocenters. The highest BCUT2D eigenvalue weighted by atomic mass is 19.1. The van der Waals surface area contributed by atoms with E-state index in [0.29, 0.717) is 5.57 Å². The molecule has 0 spiro atoms. The van der Waals surface area contributed by atoms with Gasteiger partial charge < -0.3 is 0 Å². The van der Waals surface area contributed by atoms with Crippen molar-refractivity contribution >= 4 is 6.21 Å². The highest BCUT2D eigenvalue weighted by Gasteiger charge is 2.23. The Morgan fingerprint density at radius 3 is 2.53 bits per heavy atom. The summed E-state index contributed by atoms with van der Waals surface area (Å²) in [6.07, 6.45) is 8.35. The van der Waals surface area contributed by atoms with E-state index in [1.807, 2.05) is 38.4 Å². The fraction of sp³-hybridized carbons (Fsp3) is 0.400. The van der Waals surface area contributed by atoms with Crippen LogP contribution in [-0.2, 0) is 0 Å². The summed E-state index contributed by atoms with van der Waals surface area (Å²) in [6.45, 7) is 10.7. The van der Waals surface area contributed by atoms with Crippen LogP contribution in [0.25, 0.3) is 0 Å². The number of allylic oxidation sites excluding steroid dienone is 6. The molecule has 0 aliphatic carbocycles. The van der Waals surface area contributed by atoms with Crippen LogP contribution in [0.15, 0.2) is 52.2 Å². The van der Waals surface area contributed by atoms with Gasteiger partial charge in [-0.15, -0.1) is 0 Å². The molecule has 1 aliphatic heterocycles. The summed E-state index contributed by atoms with van der Waals surface area (Å²) in [7, 11) is 0. The lowest BCUT2D eigenvalue weighted by molar-refractivity contribution is 0.271. The maximum absolute atomic E-state index is 14.1. The second-order valence-electron chi connectivity index (χ2n) is 4.74. The van der Waals surface area contributed by atoms with E-state index < -0.39 is 5.67 Å². The molecule has 0 radical (unpaired) electrons. The van der Waals surface area contributed by atoms with E-state index in [4.69, 9.17) is 0 Å². The minimum Gasteiger partial charge on any atom is -0.268 e. The molecule has 0 N–H and O–H groups in total. The molecule has 1 rings (SSSR count). The van der Waals surface area contributed by atoms with Gasteiger partial charge in [-0.1, -0.05) is 18.2 Å². The van der Waals surface area contributed by atoms with E-state index >= 15 is 0 Å². The van der Waals surface area contributed by atoms with Gasteiger partial charge in [-0.2, -0.15) is 0 Å². The van der Waals surface area contributed by atoms with Gasteiger partial charge >= 0.3 is 0 Å². The Hall–Kier alpha value is -1.44. The number of hydrogen-bond acceptors (Lipinski definition) is 1. The molecular formula is C15H20FN. The van der Waals surface area contributed by atoms with Crippen LogP contribution in [0, 0.1) is 0 Å². The molecule has 17 heavy (non-hydrogen) atoms. The summed E-state index contributed by atoms with van der Waals surface area (Å²) >= 11 is 0. The summed E-state index contributed by atoms with van der Waals surface area (Å²) in [5.41, 5.74) is 2.16. The average Bonchev–Trinajstić information content (AvgIpc) is 2.69. The zero-order valence-corrected chi connectivity index (χ0v) is 11.0. The monoisotopic (exact) mass is 233 g/mol. The molecule has 0 saturated heterocycles. The van der Waals surface area contributed by atoms with E-state index in [9.17, 15) is 4.39 Å². The number of halogens is 1. The first-order chi connectivity index (χ1) is 7.86. The highest BCUT2D eigenvalue weighted by Crippen LogP contribution is 2.30. The summed E-state index contributed by atoms with van der Waals surface area (Å²) in [6, 6.07) is 0. The minimum atomic E-state index is -1.37. The summed E-state index contributed by atoms with van der Waals surface area (Å²) in [4.78, 5) is 4.07. The van der Waals surface area contributed by atoms with Crippen LogP contribution in [0.3, 0.4) is 0 Å². The number of nitrogens with zero attached hydrogens (tertiary/aromatic N) is 1. The van der Waals surface area contributed by atoms with Gasteiger partial charge in [-0.25, -0.2) is 4.39 Å². The minimum absolute atomic E-state index is 0.637. The fourth-order valence-corrected chi connectivity index (χ4v) is 1.86. The fourth-order valence-electron chi connectivity index (χ4n) is 1.86. The first kappa shape index (κ1) is 13.6. The average molecular weight is 233 g/mol. The summed E-state index contributed by atoms with van der Waals surface area (Å²) < 4.78 is 14.1. The molecule has 92 valence electrons. The molecule has 1 aliphatic rings. The van der Waals surface area contributed by atoms with E-state index in [1.165, 1.54) is 0 Å². The van der Waals surface area contributed by atoms with Gasteiger partial charge in [0.2, 0.25) is 0 Å². The van der Waals surface area contributed by atoms with Crippen LogP contribution in [0.1, 0.15) is 34.1 Å². The van der Waals surface area contributed by atoms with E-state index in [2.05, 4.69) is 11.6 Å². The van der Waals surface area contributed by atoms with E-state index in [-0.39, 0.29) is 0 Å². The van der Waals surface area contributed by atoms with Crippen LogP contribution in [0.5, 0.6) is 0 Å². The van der Waals surface area contributed by atoms with Crippen LogP contribution in [-0.4, -0.2) is 11.9 Å². The molecule has 0 saturated carbocycles. The third-order valence-electron chi connectivity index (χ3n) is 2.73. The maximum atomic E-state index is 14.1. The highest BCUT2D eigenvalue weighted by molar-refractivity contribution is 5.69. The Kier molecular flexibility index (Phi) is 4.22. The standard InChI is InChI=1S/C15H20FN/c1-6-12(13-7-8-17-10-13)9-14(11(2)3)15(4,5)16/h6,8-10H,2,7H2,1,3-5H3/b12-6?,14-9+. The normalized spacial score (nSPS) is 17.4. The molecule has 0 fully saturated rings. The molecule has 0 bridgehead atoms. The first-order valence-corrected chi connectivity index (χ1v) is 5.80. The lowest BCUT2D eigenvalue weighted by Gasteiger charge is -2.20. The van der Waals surface area contributed by atoms with Crippen molar-refractivity contribution in [2.45, 2.75) is 39.8 Å². The third kappa shape index (κ3) is 3.52. The lowest BCUT2D eigenvalue weighted by atomic mass is 9.90. The Bertz CT molecular complexity index is 428. The van der Waals surface area contributed by atoms with Gasteiger partial charge in [0.05, 0.1) is 0 Å². The van der Waals surface area contributed by atoms with Gasteiger partial charge in [0.1, 0.15) is 5.67 Å². The van der Waals surface area contributed by atoms with Gasteiger partial charge in [-0.05, 0) is 50.5 Å². The largest absolute Gasteiger partial charge is 0.268 e. The van der Waals surface area contributed by atoms with Gasteiger partial charge in [0.15, 0.2) is 0 Å². The number of rotatable bonds is 4. The van der Waals surface area contributed by atoms with E-state index in [1.54, 1.807) is 13.8 Å². The number of hydrogen-bond donors (Lipinski definition) is 0. The Morgan fingerprint density at radius 1 is 1.53 bits per heavy atom. The van der Waals surface area contributed by atoms with Crippen LogP contribution < -0.4 is 0 Å². The Labute approximate surface area is 103 Å². The van der Waals surface area contributed by atoms with Crippen molar-refractivity contribution in [3.05, 3.63) is 47.2 Å². The second-order valence-corrected chi connectivity index (χ2v) is 4.74.